The van der Waals surface area contributed by atoms with E-state index in [9.17, 15) is 17.6 Å². The molecule has 1 aliphatic heterocycles. The molecule has 5 nitrogen and oxygen atoms in total. The predicted molar refractivity (Wildman–Crippen MR) is 91.4 cm³/mol. The Balaban J connectivity index is 1.89. The lowest BCUT2D eigenvalue weighted by Gasteiger charge is -2.25. The maximum absolute atomic E-state index is 14.1. The molecule has 0 bridgehead atoms. The molecule has 7 heteroatoms. The quantitative estimate of drug-likeness (QED) is 0.904. The van der Waals surface area contributed by atoms with Gasteiger partial charge in [-0.15, -0.1) is 0 Å². The molecular formula is C18H18FNO4S. The highest BCUT2D eigenvalue weighted by atomic mass is 32.2. The van der Waals surface area contributed by atoms with Gasteiger partial charge in [-0.1, -0.05) is 24.6 Å². The van der Waals surface area contributed by atoms with Gasteiger partial charge in [-0.05, 0) is 42.7 Å². The van der Waals surface area contributed by atoms with E-state index in [4.69, 9.17) is 5.11 Å². The van der Waals surface area contributed by atoms with Gasteiger partial charge in [0.15, 0.2) is 0 Å². The molecule has 1 heterocycles. The largest absolute Gasteiger partial charge is 0.478 e. The molecule has 0 atom stereocenters. The first-order valence-corrected chi connectivity index (χ1v) is 9.47. The zero-order chi connectivity index (χ0) is 18.0. The van der Waals surface area contributed by atoms with Crippen molar-refractivity contribution in [3.8, 4) is 11.1 Å². The SMILES string of the molecule is O=C(O)c1ccc(-c2ccc(S(=O)(=O)N3CCCCC3)cc2)c(F)c1. The molecular weight excluding hydrogens is 345 g/mol. The lowest BCUT2D eigenvalue weighted by atomic mass is 10.0. The number of hydrogen-bond donors (Lipinski definition) is 1. The Morgan fingerprint density at radius 3 is 2.20 bits per heavy atom. The first-order valence-electron chi connectivity index (χ1n) is 8.03. The molecule has 132 valence electrons. The summed E-state index contributed by atoms with van der Waals surface area (Å²) in [6.45, 7) is 1.05. The summed E-state index contributed by atoms with van der Waals surface area (Å²) >= 11 is 0. The second kappa shape index (κ2) is 6.93. The van der Waals surface area contributed by atoms with Crippen LogP contribution >= 0.6 is 0 Å². The third-order valence-electron chi connectivity index (χ3n) is 4.33. The van der Waals surface area contributed by atoms with Crippen LogP contribution in [0.3, 0.4) is 0 Å². The van der Waals surface area contributed by atoms with Crippen molar-refractivity contribution in [2.45, 2.75) is 24.2 Å². The Morgan fingerprint density at radius 1 is 1.00 bits per heavy atom. The number of benzene rings is 2. The molecule has 1 N–H and O–H groups in total. The van der Waals surface area contributed by atoms with Crippen molar-refractivity contribution >= 4 is 16.0 Å². The summed E-state index contributed by atoms with van der Waals surface area (Å²) in [6, 6.07) is 9.65. The first-order chi connectivity index (χ1) is 11.9. The number of nitrogens with zero attached hydrogens (tertiary/aromatic N) is 1. The van der Waals surface area contributed by atoms with Gasteiger partial charge in [-0.2, -0.15) is 4.31 Å². The summed E-state index contributed by atoms with van der Waals surface area (Å²) < 4.78 is 40.8. The number of halogens is 1. The smallest absolute Gasteiger partial charge is 0.335 e. The molecule has 1 saturated heterocycles. The van der Waals surface area contributed by atoms with Gasteiger partial charge in [-0.25, -0.2) is 17.6 Å². The second-order valence-electron chi connectivity index (χ2n) is 5.99. The standard InChI is InChI=1S/C18H18FNO4S/c19-17-12-14(18(21)22)6-9-16(17)13-4-7-15(8-5-13)25(23,24)20-10-2-1-3-11-20/h4-9,12H,1-3,10-11H2,(H,21,22). The van der Waals surface area contributed by atoms with Crippen LogP contribution in [-0.2, 0) is 10.0 Å². The van der Waals surface area contributed by atoms with Crippen molar-refractivity contribution in [3.63, 3.8) is 0 Å². The highest BCUT2D eigenvalue weighted by molar-refractivity contribution is 7.89. The highest BCUT2D eigenvalue weighted by Crippen LogP contribution is 2.27. The topological polar surface area (TPSA) is 74.7 Å². The van der Waals surface area contributed by atoms with Crippen LogP contribution < -0.4 is 0 Å². The van der Waals surface area contributed by atoms with Crippen molar-refractivity contribution in [3.05, 3.63) is 53.8 Å². The Kier molecular flexibility index (Phi) is 4.87. The van der Waals surface area contributed by atoms with Crippen LogP contribution in [0.1, 0.15) is 29.6 Å². The number of carboxylic acid groups (broad SMARTS) is 1. The van der Waals surface area contributed by atoms with Crippen LogP contribution in [0, 0.1) is 5.82 Å². The first kappa shape index (κ1) is 17.6. The maximum Gasteiger partial charge on any atom is 0.335 e. The van der Waals surface area contributed by atoms with Crippen LogP contribution in [0.5, 0.6) is 0 Å². The summed E-state index contributed by atoms with van der Waals surface area (Å²) in [5, 5.41) is 8.88. The molecule has 2 aromatic carbocycles. The molecule has 0 saturated carbocycles. The van der Waals surface area contributed by atoms with Gasteiger partial charge in [0.2, 0.25) is 10.0 Å². The van der Waals surface area contributed by atoms with Gasteiger partial charge >= 0.3 is 5.97 Å². The van der Waals surface area contributed by atoms with Crippen molar-refractivity contribution in [2.75, 3.05) is 13.1 Å². The Labute approximate surface area is 145 Å². The van der Waals surface area contributed by atoms with Crippen LogP contribution in [0.4, 0.5) is 4.39 Å². The van der Waals surface area contributed by atoms with E-state index in [-0.39, 0.29) is 16.0 Å². The van der Waals surface area contributed by atoms with E-state index >= 15 is 0 Å². The summed E-state index contributed by atoms with van der Waals surface area (Å²) in [7, 11) is -3.53. The Bertz CT molecular complexity index is 888. The molecule has 2 aromatic rings. The van der Waals surface area contributed by atoms with Gasteiger partial charge in [0.05, 0.1) is 10.5 Å². The predicted octanol–water partition coefficient (Wildman–Crippen LogP) is 3.37. The van der Waals surface area contributed by atoms with Crippen molar-refractivity contribution in [1.82, 2.24) is 4.31 Å². The van der Waals surface area contributed by atoms with Crippen LogP contribution in [0.25, 0.3) is 11.1 Å². The molecule has 0 radical (unpaired) electrons. The molecule has 0 unspecified atom stereocenters. The van der Waals surface area contributed by atoms with Gasteiger partial charge in [0.25, 0.3) is 0 Å². The molecule has 0 aromatic heterocycles. The van der Waals surface area contributed by atoms with E-state index in [1.54, 1.807) is 0 Å². The average molecular weight is 363 g/mol. The minimum atomic E-state index is -3.53. The van der Waals surface area contributed by atoms with Crippen LogP contribution in [-0.4, -0.2) is 36.9 Å². The number of carboxylic acids is 1. The summed E-state index contributed by atoms with van der Waals surface area (Å²) in [5.41, 5.74) is 0.587. The number of aromatic carboxylic acids is 1. The molecule has 25 heavy (non-hydrogen) atoms. The third kappa shape index (κ3) is 3.57. The molecule has 1 fully saturated rings. The van der Waals surface area contributed by atoms with Crippen molar-refractivity contribution < 1.29 is 22.7 Å². The minimum Gasteiger partial charge on any atom is -0.478 e. The number of rotatable bonds is 4. The zero-order valence-corrected chi connectivity index (χ0v) is 14.3. The van der Waals surface area contributed by atoms with Crippen LogP contribution in [0.2, 0.25) is 0 Å². The van der Waals surface area contributed by atoms with E-state index < -0.39 is 21.8 Å². The van der Waals surface area contributed by atoms with Crippen molar-refractivity contribution in [1.29, 1.82) is 0 Å². The molecule has 1 aliphatic rings. The number of sulfonamides is 1. The number of hydrogen-bond acceptors (Lipinski definition) is 3. The molecule has 0 spiro atoms. The number of carbonyl (C=O) groups is 1. The summed E-state index contributed by atoms with van der Waals surface area (Å²) in [6.07, 6.45) is 2.76. The third-order valence-corrected chi connectivity index (χ3v) is 6.25. The maximum atomic E-state index is 14.1. The number of piperidine rings is 1. The fraction of sp³-hybridized carbons (Fsp3) is 0.278. The van der Waals surface area contributed by atoms with Crippen LogP contribution in [0.15, 0.2) is 47.4 Å². The molecule has 3 rings (SSSR count). The van der Waals surface area contributed by atoms with Crippen molar-refractivity contribution in [2.24, 2.45) is 0 Å². The Morgan fingerprint density at radius 2 is 1.64 bits per heavy atom. The highest BCUT2D eigenvalue weighted by Gasteiger charge is 2.25. The lowest BCUT2D eigenvalue weighted by molar-refractivity contribution is 0.0696. The van der Waals surface area contributed by atoms with Gasteiger partial charge in [0, 0.05) is 18.7 Å². The van der Waals surface area contributed by atoms with Gasteiger partial charge in [0.1, 0.15) is 5.82 Å². The minimum absolute atomic E-state index is 0.134. The summed E-state index contributed by atoms with van der Waals surface area (Å²) in [4.78, 5) is 11.0. The van der Waals surface area contributed by atoms with E-state index in [0.717, 1.165) is 25.3 Å². The summed E-state index contributed by atoms with van der Waals surface area (Å²) in [5.74, 6) is -1.86. The zero-order valence-electron chi connectivity index (χ0n) is 13.5. The molecule has 0 amide bonds. The second-order valence-corrected chi connectivity index (χ2v) is 7.93. The van der Waals surface area contributed by atoms with E-state index in [1.165, 1.54) is 40.7 Å². The fourth-order valence-electron chi connectivity index (χ4n) is 2.94. The molecule has 0 aliphatic carbocycles. The van der Waals surface area contributed by atoms with E-state index in [0.29, 0.717) is 18.7 Å². The van der Waals surface area contributed by atoms with Gasteiger partial charge < -0.3 is 5.11 Å². The average Bonchev–Trinajstić information content (AvgIpc) is 2.62. The Hall–Kier alpha value is -2.25. The van der Waals surface area contributed by atoms with Gasteiger partial charge in [-0.3, -0.25) is 0 Å². The fourth-order valence-corrected chi connectivity index (χ4v) is 4.46. The lowest BCUT2D eigenvalue weighted by Crippen LogP contribution is -2.35. The normalized spacial score (nSPS) is 15.9. The van der Waals surface area contributed by atoms with E-state index in [1.807, 2.05) is 0 Å². The monoisotopic (exact) mass is 363 g/mol. The van der Waals surface area contributed by atoms with E-state index in [2.05, 4.69) is 0 Å².